The SMILES string of the molecule is CCOC(=O)CCc1c[nH]c(C=O)c1CC(=O)OCC[Si](C)(C)C. The predicted octanol–water partition coefficient (Wildman–Crippen LogP) is 2.75. The first-order chi connectivity index (χ1) is 11.3. The molecule has 0 radical (unpaired) electrons. The highest BCUT2D eigenvalue weighted by Crippen LogP contribution is 2.17. The number of aromatic nitrogens is 1. The summed E-state index contributed by atoms with van der Waals surface area (Å²) in [6.45, 7) is 9.14. The fourth-order valence-corrected chi connectivity index (χ4v) is 2.90. The minimum absolute atomic E-state index is 0.0292. The van der Waals surface area contributed by atoms with Crippen LogP contribution in [0, 0.1) is 0 Å². The maximum Gasteiger partial charge on any atom is 0.310 e. The fourth-order valence-electron chi connectivity index (χ4n) is 2.19. The molecule has 0 aliphatic rings. The molecule has 7 heteroatoms. The van der Waals surface area contributed by atoms with E-state index < -0.39 is 8.07 Å². The number of carbonyl (C=O) groups excluding carboxylic acids is 3. The average Bonchev–Trinajstić information content (AvgIpc) is 2.86. The van der Waals surface area contributed by atoms with Crippen LogP contribution in [-0.2, 0) is 31.9 Å². The van der Waals surface area contributed by atoms with Gasteiger partial charge in [-0.1, -0.05) is 19.6 Å². The molecule has 0 fully saturated rings. The second-order valence-electron chi connectivity index (χ2n) is 6.84. The lowest BCUT2D eigenvalue weighted by atomic mass is 10.0. The van der Waals surface area contributed by atoms with Crippen molar-refractivity contribution >= 4 is 26.3 Å². The van der Waals surface area contributed by atoms with Crippen LogP contribution in [0.3, 0.4) is 0 Å². The lowest BCUT2D eigenvalue weighted by Crippen LogP contribution is -2.23. The Morgan fingerprint density at radius 3 is 2.50 bits per heavy atom. The van der Waals surface area contributed by atoms with E-state index in [4.69, 9.17) is 9.47 Å². The Morgan fingerprint density at radius 2 is 1.92 bits per heavy atom. The molecule has 1 N–H and O–H groups in total. The number of aromatic amines is 1. The van der Waals surface area contributed by atoms with E-state index in [9.17, 15) is 14.4 Å². The third-order valence-corrected chi connectivity index (χ3v) is 5.28. The molecule has 6 nitrogen and oxygen atoms in total. The molecular weight excluding hydrogens is 326 g/mol. The third-order valence-electron chi connectivity index (χ3n) is 3.57. The Hall–Kier alpha value is -1.89. The van der Waals surface area contributed by atoms with Crippen LogP contribution in [0.2, 0.25) is 25.7 Å². The molecule has 0 aliphatic carbocycles. The minimum Gasteiger partial charge on any atom is -0.466 e. The summed E-state index contributed by atoms with van der Waals surface area (Å²) in [6.07, 6.45) is 3.00. The van der Waals surface area contributed by atoms with Crippen molar-refractivity contribution in [2.45, 2.75) is 51.9 Å². The molecule has 0 unspecified atom stereocenters. The van der Waals surface area contributed by atoms with Gasteiger partial charge in [-0.25, -0.2) is 0 Å². The summed E-state index contributed by atoms with van der Waals surface area (Å²) in [5.41, 5.74) is 1.73. The van der Waals surface area contributed by atoms with Gasteiger partial charge in [0, 0.05) is 20.7 Å². The Kier molecular flexibility index (Phi) is 7.90. The van der Waals surface area contributed by atoms with Crippen LogP contribution in [0.15, 0.2) is 6.20 Å². The normalized spacial score (nSPS) is 11.2. The summed E-state index contributed by atoms with van der Waals surface area (Å²) < 4.78 is 10.2. The monoisotopic (exact) mass is 353 g/mol. The zero-order valence-electron chi connectivity index (χ0n) is 14.9. The van der Waals surface area contributed by atoms with E-state index in [1.165, 1.54) is 0 Å². The standard InChI is InChI=1S/C17H27NO5Si/c1-5-22-16(20)7-6-13-11-18-15(12-19)14(13)10-17(21)23-8-9-24(2,3)4/h11-12,18H,5-10H2,1-4H3. The molecule has 1 heterocycles. The van der Waals surface area contributed by atoms with Gasteiger partial charge in [0.1, 0.15) is 0 Å². The van der Waals surface area contributed by atoms with Crippen molar-refractivity contribution in [2.75, 3.05) is 13.2 Å². The van der Waals surface area contributed by atoms with E-state index in [2.05, 4.69) is 24.6 Å². The van der Waals surface area contributed by atoms with Crippen molar-refractivity contribution in [3.05, 3.63) is 23.0 Å². The third kappa shape index (κ3) is 7.12. The molecular formula is C17H27NO5Si. The van der Waals surface area contributed by atoms with Crippen LogP contribution in [-0.4, -0.2) is 44.5 Å². The molecule has 0 atom stereocenters. The van der Waals surface area contributed by atoms with Crippen molar-refractivity contribution in [3.8, 4) is 0 Å². The maximum atomic E-state index is 12.0. The van der Waals surface area contributed by atoms with Gasteiger partial charge in [0.2, 0.25) is 0 Å². The van der Waals surface area contributed by atoms with Gasteiger partial charge in [-0.3, -0.25) is 14.4 Å². The molecule has 0 aromatic carbocycles. The van der Waals surface area contributed by atoms with Crippen LogP contribution in [0.4, 0.5) is 0 Å². The molecule has 0 saturated heterocycles. The van der Waals surface area contributed by atoms with E-state index >= 15 is 0 Å². The highest BCUT2D eigenvalue weighted by Gasteiger charge is 2.18. The van der Waals surface area contributed by atoms with Gasteiger partial charge < -0.3 is 14.5 Å². The lowest BCUT2D eigenvalue weighted by Gasteiger charge is -2.15. The molecule has 0 bridgehead atoms. The van der Waals surface area contributed by atoms with E-state index in [0.29, 0.717) is 37.2 Å². The Bertz CT molecular complexity index is 574. The number of ether oxygens (including phenoxy) is 2. The molecule has 1 rings (SSSR count). The molecule has 1 aromatic heterocycles. The summed E-state index contributed by atoms with van der Waals surface area (Å²) in [6, 6.07) is 0.905. The molecule has 0 aliphatic heterocycles. The van der Waals surface area contributed by atoms with Crippen molar-refractivity contribution in [3.63, 3.8) is 0 Å². The Morgan fingerprint density at radius 1 is 1.21 bits per heavy atom. The van der Waals surface area contributed by atoms with Gasteiger partial charge in [0.25, 0.3) is 0 Å². The van der Waals surface area contributed by atoms with Gasteiger partial charge >= 0.3 is 11.9 Å². The largest absolute Gasteiger partial charge is 0.466 e. The first-order valence-corrected chi connectivity index (χ1v) is 11.9. The number of rotatable bonds is 10. The van der Waals surface area contributed by atoms with Crippen LogP contribution < -0.4 is 0 Å². The summed E-state index contributed by atoms with van der Waals surface area (Å²) in [7, 11) is -1.26. The van der Waals surface area contributed by atoms with Gasteiger partial charge in [-0.2, -0.15) is 0 Å². The fraction of sp³-hybridized carbons (Fsp3) is 0.588. The summed E-state index contributed by atoms with van der Waals surface area (Å²) in [5, 5.41) is 0. The number of H-pyrrole nitrogens is 1. The predicted molar refractivity (Wildman–Crippen MR) is 94.0 cm³/mol. The van der Waals surface area contributed by atoms with Crippen molar-refractivity contribution in [1.82, 2.24) is 4.98 Å². The van der Waals surface area contributed by atoms with Crippen molar-refractivity contribution in [2.24, 2.45) is 0 Å². The number of esters is 2. The Labute approximate surface area is 143 Å². The number of carbonyl (C=O) groups is 3. The molecule has 1 aromatic rings. The number of hydrogen-bond donors (Lipinski definition) is 1. The number of aldehydes is 1. The van der Waals surface area contributed by atoms with E-state index in [-0.39, 0.29) is 24.8 Å². The van der Waals surface area contributed by atoms with Gasteiger partial charge in [0.05, 0.1) is 25.3 Å². The quantitative estimate of drug-likeness (QED) is 0.397. The number of hydrogen-bond acceptors (Lipinski definition) is 5. The molecule has 0 spiro atoms. The highest BCUT2D eigenvalue weighted by atomic mass is 28.3. The van der Waals surface area contributed by atoms with Crippen molar-refractivity contribution < 1.29 is 23.9 Å². The van der Waals surface area contributed by atoms with Crippen LogP contribution in [0.25, 0.3) is 0 Å². The molecule has 134 valence electrons. The maximum absolute atomic E-state index is 12.0. The lowest BCUT2D eigenvalue weighted by molar-refractivity contribution is -0.143. The second kappa shape index (κ2) is 9.41. The average molecular weight is 353 g/mol. The zero-order chi connectivity index (χ0) is 18.2. The molecule has 0 saturated carbocycles. The first kappa shape index (κ1) is 20.2. The van der Waals surface area contributed by atoms with E-state index in [1.54, 1.807) is 13.1 Å². The highest BCUT2D eigenvalue weighted by molar-refractivity contribution is 6.76. The van der Waals surface area contributed by atoms with Gasteiger partial charge in [-0.05, 0) is 30.5 Å². The van der Waals surface area contributed by atoms with Crippen LogP contribution in [0.5, 0.6) is 0 Å². The zero-order valence-corrected chi connectivity index (χ0v) is 15.9. The Balaban J connectivity index is 2.65. The van der Waals surface area contributed by atoms with E-state index in [0.717, 1.165) is 11.6 Å². The summed E-state index contributed by atoms with van der Waals surface area (Å²) >= 11 is 0. The number of nitrogens with one attached hydrogen (secondary N) is 1. The molecule has 24 heavy (non-hydrogen) atoms. The summed E-state index contributed by atoms with van der Waals surface area (Å²) in [4.78, 5) is 37.5. The smallest absolute Gasteiger partial charge is 0.310 e. The van der Waals surface area contributed by atoms with Gasteiger partial charge in [-0.15, -0.1) is 0 Å². The topological polar surface area (TPSA) is 85.5 Å². The van der Waals surface area contributed by atoms with Crippen LogP contribution in [0.1, 0.15) is 35.0 Å². The van der Waals surface area contributed by atoms with Crippen LogP contribution >= 0.6 is 0 Å². The van der Waals surface area contributed by atoms with E-state index in [1.807, 2.05) is 0 Å². The van der Waals surface area contributed by atoms with Gasteiger partial charge in [0.15, 0.2) is 6.29 Å². The minimum atomic E-state index is -1.26. The summed E-state index contributed by atoms with van der Waals surface area (Å²) in [5.74, 6) is -0.650. The number of aryl methyl sites for hydroxylation is 1. The van der Waals surface area contributed by atoms with Crippen molar-refractivity contribution in [1.29, 1.82) is 0 Å². The first-order valence-electron chi connectivity index (χ1n) is 8.22. The second-order valence-corrected chi connectivity index (χ2v) is 12.5. The molecule has 0 amide bonds.